The lowest BCUT2D eigenvalue weighted by atomic mass is 9.85. The van der Waals surface area contributed by atoms with E-state index in [0.29, 0.717) is 11.6 Å². The Morgan fingerprint density at radius 1 is 1.15 bits per heavy atom. The number of nitrogens with one attached hydrogen (secondary N) is 2. The van der Waals surface area contributed by atoms with Gasteiger partial charge < -0.3 is 15.1 Å². The SMILES string of the molecule is CCCC(=O)N1CCC(N(C(=O)Nc2ncc(SCCNCC)s2)[C@H]2CC[C@H](C)CC2)CC1. The van der Waals surface area contributed by atoms with E-state index in [9.17, 15) is 9.59 Å². The smallest absolute Gasteiger partial charge is 0.324 e. The van der Waals surface area contributed by atoms with Gasteiger partial charge in [0, 0.05) is 43.9 Å². The molecule has 1 saturated heterocycles. The minimum Gasteiger partial charge on any atom is -0.343 e. The molecule has 1 saturated carbocycles. The van der Waals surface area contributed by atoms with Gasteiger partial charge in [0.25, 0.3) is 0 Å². The van der Waals surface area contributed by atoms with Crippen molar-refractivity contribution in [3.8, 4) is 0 Å². The highest BCUT2D eigenvalue weighted by Crippen LogP contribution is 2.33. The molecule has 2 N–H and O–H groups in total. The number of rotatable bonds is 10. The molecule has 0 aromatic carbocycles. The molecule has 0 spiro atoms. The summed E-state index contributed by atoms with van der Waals surface area (Å²) in [5, 5.41) is 7.11. The molecule has 0 unspecified atom stereocenters. The summed E-state index contributed by atoms with van der Waals surface area (Å²) >= 11 is 3.32. The van der Waals surface area contributed by atoms with Crippen molar-refractivity contribution >= 4 is 40.2 Å². The Bertz CT molecular complexity index is 743. The third-order valence-corrected chi connectivity index (χ3v) is 8.87. The zero-order chi connectivity index (χ0) is 23.6. The van der Waals surface area contributed by atoms with Gasteiger partial charge in [-0.3, -0.25) is 10.1 Å². The fraction of sp³-hybridized carbons (Fsp3) is 0.792. The third-order valence-electron chi connectivity index (χ3n) is 6.76. The van der Waals surface area contributed by atoms with Gasteiger partial charge in [0.15, 0.2) is 5.13 Å². The molecule has 3 amide bonds. The van der Waals surface area contributed by atoms with Crippen molar-refractivity contribution in [3.63, 3.8) is 0 Å². The summed E-state index contributed by atoms with van der Waals surface area (Å²) in [6.45, 7) is 9.91. The summed E-state index contributed by atoms with van der Waals surface area (Å²) in [6.07, 6.45) is 9.56. The largest absolute Gasteiger partial charge is 0.343 e. The molecular weight excluding hydrogens is 454 g/mol. The van der Waals surface area contributed by atoms with Crippen LogP contribution in [0, 0.1) is 5.92 Å². The lowest BCUT2D eigenvalue weighted by Crippen LogP contribution is -2.54. The number of thioether (sulfide) groups is 1. The zero-order valence-electron chi connectivity index (χ0n) is 20.5. The van der Waals surface area contributed by atoms with E-state index in [1.54, 1.807) is 23.1 Å². The molecule has 0 atom stereocenters. The molecule has 1 aromatic rings. The molecule has 33 heavy (non-hydrogen) atoms. The van der Waals surface area contributed by atoms with E-state index in [1.807, 2.05) is 18.0 Å². The van der Waals surface area contributed by atoms with Crippen molar-refractivity contribution in [1.29, 1.82) is 0 Å². The average molecular weight is 496 g/mol. The molecule has 2 aliphatic rings. The van der Waals surface area contributed by atoms with Gasteiger partial charge in [-0.25, -0.2) is 9.78 Å². The van der Waals surface area contributed by atoms with E-state index in [-0.39, 0.29) is 24.0 Å². The van der Waals surface area contributed by atoms with Crippen LogP contribution in [0.5, 0.6) is 0 Å². The van der Waals surface area contributed by atoms with E-state index < -0.39 is 0 Å². The number of carbonyl (C=O) groups is 2. The standard InChI is InChI=1S/C24H41N5O2S2/c1-4-6-21(30)28-14-11-20(12-15-28)29(19-9-7-18(3)8-10-19)24(31)27-23-26-17-22(33-23)32-16-13-25-5-2/h17-20,25H,4-16H2,1-3H3,(H,26,27,31)/t18-,19-. The Morgan fingerprint density at radius 3 is 2.52 bits per heavy atom. The van der Waals surface area contributed by atoms with E-state index >= 15 is 0 Å². The molecule has 1 aromatic heterocycles. The molecule has 0 radical (unpaired) electrons. The molecule has 9 heteroatoms. The first kappa shape index (κ1) is 26.3. The maximum atomic E-state index is 13.5. The van der Waals surface area contributed by atoms with Crippen LogP contribution in [0.4, 0.5) is 9.93 Å². The highest BCUT2D eigenvalue weighted by atomic mass is 32.2. The average Bonchev–Trinajstić information content (AvgIpc) is 3.26. The zero-order valence-corrected chi connectivity index (χ0v) is 22.1. The number of carbonyl (C=O) groups excluding carboxylic acids is 2. The van der Waals surface area contributed by atoms with Crippen molar-refractivity contribution in [2.75, 3.05) is 37.2 Å². The molecule has 1 aliphatic heterocycles. The van der Waals surface area contributed by atoms with Crippen molar-refractivity contribution in [1.82, 2.24) is 20.1 Å². The molecule has 7 nitrogen and oxygen atoms in total. The molecule has 2 heterocycles. The molecular formula is C24H41N5O2S2. The number of thiazole rings is 1. The number of aromatic nitrogens is 1. The molecule has 2 fully saturated rings. The first-order chi connectivity index (χ1) is 16.0. The summed E-state index contributed by atoms with van der Waals surface area (Å²) < 4.78 is 1.13. The Kier molecular flexibility index (Phi) is 10.8. The lowest BCUT2D eigenvalue weighted by Gasteiger charge is -2.44. The Hall–Kier alpha value is -1.32. The minimum absolute atomic E-state index is 0.0218. The predicted molar refractivity (Wildman–Crippen MR) is 138 cm³/mol. The number of anilines is 1. The first-order valence-electron chi connectivity index (χ1n) is 12.7. The van der Waals surface area contributed by atoms with Gasteiger partial charge in [-0.15, -0.1) is 11.8 Å². The maximum Gasteiger partial charge on any atom is 0.324 e. The van der Waals surface area contributed by atoms with Gasteiger partial charge in [0.2, 0.25) is 5.91 Å². The highest BCUT2D eigenvalue weighted by molar-refractivity contribution is 8.01. The number of hydrogen-bond donors (Lipinski definition) is 2. The van der Waals surface area contributed by atoms with Gasteiger partial charge in [0.1, 0.15) is 0 Å². The summed E-state index contributed by atoms with van der Waals surface area (Å²) in [5.74, 6) is 1.98. The van der Waals surface area contributed by atoms with Crippen LogP contribution < -0.4 is 10.6 Å². The van der Waals surface area contributed by atoms with E-state index in [4.69, 9.17) is 0 Å². The van der Waals surface area contributed by atoms with Crippen LogP contribution in [0.15, 0.2) is 10.4 Å². The first-order valence-corrected chi connectivity index (χ1v) is 14.5. The number of likely N-dealkylation sites (tertiary alicyclic amines) is 1. The molecule has 1 aliphatic carbocycles. The van der Waals surface area contributed by atoms with Crippen molar-refractivity contribution in [2.45, 2.75) is 88.4 Å². The van der Waals surface area contributed by atoms with Crippen molar-refractivity contribution in [2.24, 2.45) is 5.92 Å². The summed E-state index contributed by atoms with van der Waals surface area (Å²) in [4.78, 5) is 34.4. The van der Waals surface area contributed by atoms with Gasteiger partial charge in [0.05, 0.1) is 10.4 Å². The highest BCUT2D eigenvalue weighted by Gasteiger charge is 2.35. The van der Waals surface area contributed by atoms with E-state index in [0.717, 1.165) is 74.2 Å². The van der Waals surface area contributed by atoms with Crippen LogP contribution >= 0.6 is 23.1 Å². The molecule has 3 rings (SSSR count). The van der Waals surface area contributed by atoms with Gasteiger partial charge in [-0.05, 0) is 57.4 Å². The summed E-state index contributed by atoms with van der Waals surface area (Å²) in [6, 6.07) is 0.437. The summed E-state index contributed by atoms with van der Waals surface area (Å²) in [5.41, 5.74) is 0. The number of hydrogen-bond acceptors (Lipinski definition) is 6. The van der Waals surface area contributed by atoms with E-state index in [1.165, 1.54) is 12.8 Å². The fourth-order valence-electron chi connectivity index (χ4n) is 4.86. The number of nitrogens with zero attached hydrogens (tertiary/aromatic N) is 3. The number of urea groups is 1. The third kappa shape index (κ3) is 7.86. The van der Waals surface area contributed by atoms with Gasteiger partial charge >= 0.3 is 6.03 Å². The van der Waals surface area contributed by atoms with Crippen LogP contribution in [0.3, 0.4) is 0 Å². The topological polar surface area (TPSA) is 77.6 Å². The molecule has 186 valence electrons. The predicted octanol–water partition coefficient (Wildman–Crippen LogP) is 5.05. The lowest BCUT2D eigenvalue weighted by molar-refractivity contribution is -0.132. The Morgan fingerprint density at radius 2 is 1.85 bits per heavy atom. The van der Waals surface area contributed by atoms with Crippen LogP contribution in [-0.2, 0) is 4.79 Å². The molecule has 0 bridgehead atoms. The van der Waals surface area contributed by atoms with Crippen molar-refractivity contribution in [3.05, 3.63) is 6.20 Å². The van der Waals surface area contributed by atoms with E-state index in [2.05, 4.69) is 34.4 Å². The number of piperidine rings is 1. The van der Waals surface area contributed by atoms with Crippen LogP contribution in [0.2, 0.25) is 0 Å². The van der Waals surface area contributed by atoms with Crippen LogP contribution in [-0.4, -0.2) is 70.7 Å². The van der Waals surface area contributed by atoms with Crippen LogP contribution in [0.1, 0.15) is 72.1 Å². The monoisotopic (exact) mass is 495 g/mol. The quantitative estimate of drug-likeness (QED) is 0.351. The second-order valence-corrected chi connectivity index (χ2v) is 11.7. The van der Waals surface area contributed by atoms with Gasteiger partial charge in [-0.2, -0.15) is 0 Å². The Balaban J connectivity index is 1.61. The van der Waals surface area contributed by atoms with Crippen LogP contribution in [0.25, 0.3) is 0 Å². The minimum atomic E-state index is -0.0218. The number of amides is 3. The summed E-state index contributed by atoms with van der Waals surface area (Å²) in [7, 11) is 0. The second-order valence-electron chi connectivity index (χ2n) is 9.30. The Labute approximate surface area is 207 Å². The maximum absolute atomic E-state index is 13.5. The van der Waals surface area contributed by atoms with Crippen molar-refractivity contribution < 1.29 is 9.59 Å². The fourth-order valence-corrected chi connectivity index (χ4v) is 6.69. The second kappa shape index (κ2) is 13.5. The van der Waals surface area contributed by atoms with Gasteiger partial charge in [-0.1, -0.05) is 32.1 Å². The normalized spacial score (nSPS) is 21.7.